The second-order valence-electron chi connectivity index (χ2n) is 3.60. The first kappa shape index (κ1) is 12.3. The number of nitrogens with zero attached hydrogens (tertiary/aromatic N) is 1. The van der Waals surface area contributed by atoms with Crippen LogP contribution >= 0.6 is 11.8 Å². The molecule has 6 heteroatoms. The number of rotatable bonds is 1. The molecule has 0 spiro atoms. The van der Waals surface area contributed by atoms with Gasteiger partial charge in [0.2, 0.25) is 0 Å². The Morgan fingerprint density at radius 3 is 2.82 bits per heavy atom. The molecular formula is C11H10F3NOS. The molecule has 1 aliphatic carbocycles. The smallest absolute Gasteiger partial charge is 0.406 e. The van der Waals surface area contributed by atoms with Crippen molar-refractivity contribution in [2.24, 2.45) is 4.99 Å². The van der Waals surface area contributed by atoms with Gasteiger partial charge in [0, 0.05) is 5.75 Å². The maximum Gasteiger partial charge on any atom is 0.573 e. The van der Waals surface area contributed by atoms with Gasteiger partial charge in [-0.05, 0) is 37.1 Å². The summed E-state index contributed by atoms with van der Waals surface area (Å²) in [6.07, 6.45) is 0.112. The van der Waals surface area contributed by atoms with E-state index in [1.165, 1.54) is 12.2 Å². The zero-order valence-electron chi connectivity index (χ0n) is 9.04. The summed E-state index contributed by atoms with van der Waals surface area (Å²) < 4.78 is 40.1. The van der Waals surface area contributed by atoms with Gasteiger partial charge in [0.25, 0.3) is 0 Å². The Hall–Kier alpha value is -1.17. The summed E-state index contributed by atoms with van der Waals surface area (Å²) in [6, 6.07) is 0. The standard InChI is InChI=1S/C11H10F3NOS/c1-7-15-10-5-4-9(16-11(12,13)14)3-2-8(10)6-17-7/h3-5H,2,6H2,1H3. The van der Waals surface area contributed by atoms with E-state index in [9.17, 15) is 13.2 Å². The number of allylic oxidation sites excluding steroid dienone is 3. The van der Waals surface area contributed by atoms with Crippen LogP contribution in [0.1, 0.15) is 13.3 Å². The number of aliphatic imine (C=N–C) groups is 1. The second-order valence-corrected chi connectivity index (χ2v) is 4.77. The van der Waals surface area contributed by atoms with E-state index in [4.69, 9.17) is 0 Å². The number of hydrogen-bond acceptors (Lipinski definition) is 3. The zero-order chi connectivity index (χ0) is 12.5. The number of hydrogen-bond donors (Lipinski definition) is 0. The Labute approximate surface area is 101 Å². The maximum absolute atomic E-state index is 12.1. The summed E-state index contributed by atoms with van der Waals surface area (Å²) in [5.41, 5.74) is 1.77. The largest absolute Gasteiger partial charge is 0.573 e. The average molecular weight is 261 g/mol. The van der Waals surface area contributed by atoms with Gasteiger partial charge < -0.3 is 4.74 Å². The molecule has 0 aromatic rings. The SMILES string of the molecule is CC1=NC2=C(CC=C(OC(F)(F)F)C=C2)CS1. The summed E-state index contributed by atoms with van der Waals surface area (Å²) in [5, 5.41) is 0.925. The monoisotopic (exact) mass is 261 g/mol. The first-order chi connectivity index (χ1) is 7.94. The van der Waals surface area contributed by atoms with Crippen molar-refractivity contribution >= 4 is 16.8 Å². The zero-order valence-corrected chi connectivity index (χ0v) is 9.86. The molecule has 1 heterocycles. The van der Waals surface area contributed by atoms with Gasteiger partial charge in [-0.3, -0.25) is 0 Å². The minimum atomic E-state index is -4.64. The van der Waals surface area contributed by atoms with E-state index in [-0.39, 0.29) is 5.76 Å². The molecule has 0 aromatic carbocycles. The summed E-state index contributed by atoms with van der Waals surface area (Å²) in [4.78, 5) is 4.30. The molecule has 0 radical (unpaired) electrons. The van der Waals surface area contributed by atoms with Gasteiger partial charge in [0.15, 0.2) is 0 Å². The fourth-order valence-electron chi connectivity index (χ4n) is 1.53. The lowest BCUT2D eigenvalue weighted by Gasteiger charge is -2.12. The number of thioether (sulfide) groups is 1. The molecule has 17 heavy (non-hydrogen) atoms. The van der Waals surface area contributed by atoms with Gasteiger partial charge in [-0.25, -0.2) is 4.99 Å². The molecule has 0 atom stereocenters. The van der Waals surface area contributed by atoms with Crippen molar-refractivity contribution in [1.29, 1.82) is 0 Å². The Balaban J connectivity index is 2.16. The molecule has 0 unspecified atom stereocenters. The molecule has 2 aliphatic rings. The van der Waals surface area contributed by atoms with Gasteiger partial charge in [0.1, 0.15) is 5.76 Å². The lowest BCUT2D eigenvalue weighted by Crippen LogP contribution is -2.11. The van der Waals surface area contributed by atoms with E-state index in [0.29, 0.717) is 6.42 Å². The van der Waals surface area contributed by atoms with Gasteiger partial charge >= 0.3 is 6.36 Å². The molecule has 1 aliphatic heterocycles. The first-order valence-corrected chi connectivity index (χ1v) is 5.97. The number of alkyl halides is 3. The highest BCUT2D eigenvalue weighted by atomic mass is 32.2. The van der Waals surface area contributed by atoms with Crippen molar-refractivity contribution in [2.45, 2.75) is 19.7 Å². The third kappa shape index (κ3) is 3.39. The van der Waals surface area contributed by atoms with Crippen LogP contribution in [-0.4, -0.2) is 17.2 Å². The van der Waals surface area contributed by atoms with E-state index in [0.717, 1.165) is 22.1 Å². The third-order valence-corrected chi connectivity index (χ3v) is 3.29. The molecule has 0 amide bonds. The summed E-state index contributed by atoms with van der Waals surface area (Å²) in [5.74, 6) is 0.593. The third-order valence-electron chi connectivity index (χ3n) is 2.28. The first-order valence-electron chi connectivity index (χ1n) is 4.98. The van der Waals surface area contributed by atoms with E-state index in [1.807, 2.05) is 6.92 Å². The minimum Gasteiger partial charge on any atom is -0.406 e. The maximum atomic E-state index is 12.1. The van der Waals surface area contributed by atoms with Crippen molar-refractivity contribution in [1.82, 2.24) is 0 Å². The van der Waals surface area contributed by atoms with E-state index in [1.54, 1.807) is 17.8 Å². The normalized spacial score (nSPS) is 20.5. The van der Waals surface area contributed by atoms with Gasteiger partial charge in [-0.2, -0.15) is 0 Å². The van der Waals surface area contributed by atoms with Crippen molar-refractivity contribution in [3.8, 4) is 0 Å². The van der Waals surface area contributed by atoms with E-state index in [2.05, 4.69) is 9.73 Å². The number of halogens is 3. The van der Waals surface area contributed by atoms with Gasteiger partial charge in [-0.15, -0.1) is 24.9 Å². The molecule has 0 saturated heterocycles. The molecule has 0 aromatic heterocycles. The fraction of sp³-hybridized carbons (Fsp3) is 0.364. The Kier molecular flexibility index (Phi) is 3.33. The van der Waals surface area contributed by atoms with Crippen LogP contribution in [0.25, 0.3) is 0 Å². The lowest BCUT2D eigenvalue weighted by molar-refractivity contribution is -0.303. The van der Waals surface area contributed by atoms with Crippen molar-refractivity contribution < 1.29 is 17.9 Å². The highest BCUT2D eigenvalue weighted by Crippen LogP contribution is 2.30. The predicted octanol–water partition coefficient (Wildman–Crippen LogP) is 3.79. The lowest BCUT2D eigenvalue weighted by atomic mass is 10.2. The minimum absolute atomic E-state index is 0.176. The molecule has 0 saturated carbocycles. The molecule has 0 N–H and O–H groups in total. The Morgan fingerprint density at radius 2 is 2.12 bits per heavy atom. The number of ether oxygens (including phenoxy) is 1. The van der Waals surface area contributed by atoms with E-state index < -0.39 is 6.36 Å². The van der Waals surface area contributed by atoms with Crippen LogP contribution in [0.15, 0.2) is 40.2 Å². The van der Waals surface area contributed by atoms with Gasteiger partial charge in [-0.1, -0.05) is 0 Å². The van der Waals surface area contributed by atoms with Crippen LogP contribution in [-0.2, 0) is 4.74 Å². The molecular weight excluding hydrogens is 251 g/mol. The molecule has 2 rings (SSSR count). The van der Waals surface area contributed by atoms with Gasteiger partial charge in [0.05, 0.1) is 10.7 Å². The Morgan fingerprint density at radius 1 is 1.35 bits per heavy atom. The quantitative estimate of drug-likeness (QED) is 0.716. The predicted molar refractivity (Wildman–Crippen MR) is 61.6 cm³/mol. The van der Waals surface area contributed by atoms with Crippen molar-refractivity contribution in [2.75, 3.05) is 5.75 Å². The van der Waals surface area contributed by atoms with Crippen LogP contribution in [0.2, 0.25) is 0 Å². The highest BCUT2D eigenvalue weighted by molar-refractivity contribution is 8.14. The summed E-state index contributed by atoms with van der Waals surface area (Å²) >= 11 is 1.59. The van der Waals surface area contributed by atoms with Crippen molar-refractivity contribution in [3.05, 3.63) is 35.3 Å². The molecule has 92 valence electrons. The van der Waals surface area contributed by atoms with E-state index >= 15 is 0 Å². The van der Waals surface area contributed by atoms with Crippen LogP contribution in [0.5, 0.6) is 0 Å². The fourth-order valence-corrected chi connectivity index (χ4v) is 2.34. The van der Waals surface area contributed by atoms with Crippen LogP contribution in [0.3, 0.4) is 0 Å². The highest BCUT2D eigenvalue weighted by Gasteiger charge is 2.31. The summed E-state index contributed by atoms with van der Waals surface area (Å²) in [7, 11) is 0. The van der Waals surface area contributed by atoms with Crippen molar-refractivity contribution in [3.63, 3.8) is 0 Å². The van der Waals surface area contributed by atoms with Crippen LogP contribution in [0.4, 0.5) is 13.2 Å². The van der Waals surface area contributed by atoms with Crippen LogP contribution < -0.4 is 0 Å². The molecule has 2 nitrogen and oxygen atoms in total. The Bertz CT molecular complexity index is 446. The van der Waals surface area contributed by atoms with Crippen LogP contribution in [0, 0.1) is 0 Å². The topological polar surface area (TPSA) is 21.6 Å². The average Bonchev–Trinajstić information content (AvgIpc) is 2.39. The molecule has 0 fully saturated rings. The molecule has 0 bridgehead atoms. The summed E-state index contributed by atoms with van der Waals surface area (Å²) in [6.45, 7) is 1.88. The second kappa shape index (κ2) is 4.60.